The third kappa shape index (κ3) is 5.18. The lowest BCUT2D eigenvalue weighted by atomic mass is 10.1. The average Bonchev–Trinajstić information content (AvgIpc) is 3.44. The average molecular weight is 480 g/mol. The Morgan fingerprint density at radius 1 is 1.28 bits per heavy atom. The van der Waals surface area contributed by atoms with Crippen molar-refractivity contribution in [2.75, 3.05) is 11.9 Å². The highest BCUT2D eigenvalue weighted by atomic mass is 32.1. The lowest BCUT2D eigenvalue weighted by molar-refractivity contribution is -0.137. The number of thiazole rings is 1. The van der Waals surface area contributed by atoms with Crippen molar-refractivity contribution in [3.63, 3.8) is 0 Å². The van der Waals surface area contributed by atoms with Crippen molar-refractivity contribution in [2.24, 2.45) is 5.92 Å². The normalized spacial score (nSPS) is 16.6. The molecule has 3 aromatic rings. The van der Waals surface area contributed by atoms with E-state index in [1.54, 1.807) is 29.2 Å². The number of nitrogens with zero attached hydrogens (tertiary/aromatic N) is 2. The zero-order valence-electron chi connectivity index (χ0n) is 17.1. The summed E-state index contributed by atoms with van der Waals surface area (Å²) in [5.41, 5.74) is 0.400. The minimum atomic E-state index is -4.40. The van der Waals surface area contributed by atoms with Crippen molar-refractivity contribution in [1.29, 1.82) is 0 Å². The van der Waals surface area contributed by atoms with E-state index in [1.165, 1.54) is 17.4 Å². The van der Waals surface area contributed by atoms with Gasteiger partial charge in [0.05, 0.1) is 28.7 Å². The van der Waals surface area contributed by atoms with E-state index < -0.39 is 17.7 Å². The lowest BCUT2D eigenvalue weighted by Crippen LogP contribution is -2.27. The number of halogens is 3. The van der Waals surface area contributed by atoms with E-state index in [0.717, 1.165) is 17.0 Å². The minimum Gasteiger partial charge on any atom is -0.337 e. The predicted molar refractivity (Wildman–Crippen MR) is 118 cm³/mol. The third-order valence-corrected chi connectivity index (χ3v) is 7.13. The number of hydrogen-bond acceptors (Lipinski definition) is 5. The monoisotopic (exact) mass is 479 g/mol. The zero-order valence-corrected chi connectivity index (χ0v) is 18.7. The fourth-order valence-electron chi connectivity index (χ4n) is 3.58. The maximum atomic E-state index is 12.9. The van der Waals surface area contributed by atoms with Gasteiger partial charge in [-0.15, -0.1) is 22.7 Å². The van der Waals surface area contributed by atoms with E-state index in [2.05, 4.69) is 10.3 Å². The molecule has 32 heavy (non-hydrogen) atoms. The molecule has 0 saturated carbocycles. The second-order valence-corrected chi connectivity index (χ2v) is 9.76. The van der Waals surface area contributed by atoms with Crippen LogP contribution in [0, 0.1) is 12.8 Å². The second-order valence-electron chi connectivity index (χ2n) is 7.64. The standard InChI is InChI=1S/C22H20F3N3O2S2/c1-13-21(32-18(26-13)9-14-4-2-5-16(8-14)22(23,24)25)27-20(30)15-10-19(29)28(11-15)12-17-6-3-7-31-17/h2-8,15H,9-12H2,1H3,(H,27,30). The van der Waals surface area contributed by atoms with Gasteiger partial charge in [-0.1, -0.05) is 24.3 Å². The highest BCUT2D eigenvalue weighted by molar-refractivity contribution is 7.16. The van der Waals surface area contributed by atoms with E-state index in [9.17, 15) is 22.8 Å². The molecular formula is C22H20F3N3O2S2. The number of thiophene rings is 1. The molecule has 0 bridgehead atoms. The molecule has 1 fully saturated rings. The van der Waals surface area contributed by atoms with E-state index >= 15 is 0 Å². The number of alkyl halides is 3. The summed E-state index contributed by atoms with van der Waals surface area (Å²) >= 11 is 2.81. The number of anilines is 1. The molecule has 1 aliphatic rings. The van der Waals surface area contributed by atoms with Gasteiger partial charge in [-0.05, 0) is 30.0 Å². The Kier molecular flexibility index (Phi) is 6.34. The molecule has 4 rings (SSSR count). The molecule has 1 saturated heterocycles. The lowest BCUT2D eigenvalue weighted by Gasteiger charge is -2.15. The molecule has 3 heterocycles. The van der Waals surface area contributed by atoms with Crippen molar-refractivity contribution in [3.8, 4) is 0 Å². The molecule has 2 amide bonds. The summed E-state index contributed by atoms with van der Waals surface area (Å²) in [5.74, 6) is -0.745. The van der Waals surface area contributed by atoms with Gasteiger partial charge in [0.25, 0.3) is 0 Å². The number of carbonyl (C=O) groups excluding carboxylic acids is 2. The van der Waals surface area contributed by atoms with Crippen LogP contribution >= 0.6 is 22.7 Å². The van der Waals surface area contributed by atoms with Gasteiger partial charge in [0.1, 0.15) is 5.00 Å². The number of nitrogens with one attached hydrogen (secondary N) is 1. The first-order chi connectivity index (χ1) is 15.2. The van der Waals surface area contributed by atoms with Gasteiger partial charge >= 0.3 is 6.18 Å². The van der Waals surface area contributed by atoms with Crippen LogP contribution in [0.3, 0.4) is 0 Å². The van der Waals surface area contributed by atoms with E-state index in [-0.39, 0.29) is 24.7 Å². The number of aryl methyl sites for hydroxylation is 1. The summed E-state index contributed by atoms with van der Waals surface area (Å²) in [5, 5.41) is 5.97. The largest absolute Gasteiger partial charge is 0.416 e. The van der Waals surface area contributed by atoms with Crippen molar-refractivity contribution < 1.29 is 22.8 Å². The highest BCUT2D eigenvalue weighted by Gasteiger charge is 2.35. The Hall–Kier alpha value is -2.72. The topological polar surface area (TPSA) is 62.3 Å². The maximum absolute atomic E-state index is 12.9. The fourth-order valence-corrected chi connectivity index (χ4v) is 5.30. The molecule has 1 unspecified atom stereocenters. The smallest absolute Gasteiger partial charge is 0.337 e. The van der Waals surface area contributed by atoms with Crippen LogP contribution in [0.4, 0.5) is 18.2 Å². The maximum Gasteiger partial charge on any atom is 0.416 e. The Morgan fingerprint density at radius 2 is 2.09 bits per heavy atom. The molecule has 5 nitrogen and oxygen atoms in total. The molecule has 2 aromatic heterocycles. The zero-order chi connectivity index (χ0) is 22.9. The Labute approximate surface area is 190 Å². The van der Waals surface area contributed by atoms with Gasteiger partial charge in [0.2, 0.25) is 11.8 Å². The molecule has 1 atom stereocenters. The molecule has 1 aliphatic heterocycles. The summed E-state index contributed by atoms with van der Waals surface area (Å²) in [7, 11) is 0. The molecule has 1 N–H and O–H groups in total. The van der Waals surface area contributed by atoms with Gasteiger partial charge in [-0.3, -0.25) is 9.59 Å². The Balaban J connectivity index is 1.39. The van der Waals surface area contributed by atoms with Gasteiger partial charge in [0, 0.05) is 24.3 Å². The molecule has 0 spiro atoms. The van der Waals surface area contributed by atoms with E-state index in [1.807, 2.05) is 17.5 Å². The second kappa shape index (κ2) is 9.03. The first-order valence-corrected chi connectivity index (χ1v) is 11.6. The number of likely N-dealkylation sites (tertiary alicyclic amines) is 1. The minimum absolute atomic E-state index is 0.0511. The molecule has 0 radical (unpaired) electrons. The van der Waals surface area contributed by atoms with E-state index in [4.69, 9.17) is 0 Å². The summed E-state index contributed by atoms with van der Waals surface area (Å²) in [6, 6.07) is 9.03. The summed E-state index contributed by atoms with van der Waals surface area (Å²) in [4.78, 5) is 32.2. The van der Waals surface area contributed by atoms with Gasteiger partial charge in [-0.25, -0.2) is 4.98 Å². The number of aromatic nitrogens is 1. The fraction of sp³-hybridized carbons (Fsp3) is 0.318. The van der Waals surface area contributed by atoms with Crippen LogP contribution in [0.25, 0.3) is 0 Å². The van der Waals surface area contributed by atoms with Gasteiger partial charge < -0.3 is 10.2 Å². The third-order valence-electron chi connectivity index (χ3n) is 5.20. The van der Waals surface area contributed by atoms with Crippen molar-refractivity contribution in [2.45, 2.75) is 32.5 Å². The summed E-state index contributed by atoms with van der Waals surface area (Å²) in [6.07, 6.45) is -4.00. The van der Waals surface area contributed by atoms with Crippen LogP contribution in [-0.4, -0.2) is 28.2 Å². The van der Waals surface area contributed by atoms with Crippen LogP contribution in [0.1, 0.15) is 33.1 Å². The molecule has 0 aliphatic carbocycles. The van der Waals surface area contributed by atoms with Crippen LogP contribution in [0.5, 0.6) is 0 Å². The number of hydrogen-bond donors (Lipinski definition) is 1. The summed E-state index contributed by atoms with van der Waals surface area (Å²) in [6.45, 7) is 2.60. The number of amides is 2. The molecule has 1 aromatic carbocycles. The first-order valence-electron chi connectivity index (χ1n) is 9.92. The van der Waals surface area contributed by atoms with E-state index in [0.29, 0.717) is 34.4 Å². The number of carbonyl (C=O) groups is 2. The van der Waals surface area contributed by atoms with Crippen LogP contribution < -0.4 is 5.32 Å². The molecule has 168 valence electrons. The van der Waals surface area contributed by atoms with Crippen molar-refractivity contribution in [1.82, 2.24) is 9.88 Å². The quantitative estimate of drug-likeness (QED) is 0.535. The van der Waals surface area contributed by atoms with Gasteiger partial charge in [-0.2, -0.15) is 13.2 Å². The van der Waals surface area contributed by atoms with Crippen molar-refractivity contribution in [3.05, 3.63) is 68.5 Å². The summed E-state index contributed by atoms with van der Waals surface area (Å²) < 4.78 is 38.8. The van der Waals surface area contributed by atoms with Gasteiger partial charge in [0.15, 0.2) is 0 Å². The number of rotatable bonds is 6. The Morgan fingerprint density at radius 3 is 2.81 bits per heavy atom. The van der Waals surface area contributed by atoms with Crippen LogP contribution in [-0.2, 0) is 28.7 Å². The van der Waals surface area contributed by atoms with Crippen LogP contribution in [0.2, 0.25) is 0 Å². The van der Waals surface area contributed by atoms with Crippen LogP contribution in [0.15, 0.2) is 41.8 Å². The molecule has 10 heteroatoms. The SMILES string of the molecule is Cc1nc(Cc2cccc(C(F)(F)F)c2)sc1NC(=O)C1CC(=O)N(Cc2cccs2)C1. The van der Waals surface area contributed by atoms with Crippen molar-refractivity contribution >= 4 is 39.5 Å². The Bertz CT molecular complexity index is 1130. The first kappa shape index (κ1) is 22.5. The molecular weight excluding hydrogens is 459 g/mol. The predicted octanol–water partition coefficient (Wildman–Crippen LogP) is 5.11. The highest BCUT2D eigenvalue weighted by Crippen LogP contribution is 2.32. The number of benzene rings is 1.